The largest absolute Gasteiger partial charge is 0.477 e. The summed E-state index contributed by atoms with van der Waals surface area (Å²) in [5, 5.41) is 11.5. The van der Waals surface area contributed by atoms with Gasteiger partial charge in [-0.1, -0.05) is 26.8 Å². The van der Waals surface area contributed by atoms with Crippen LogP contribution in [0.2, 0.25) is 0 Å². The van der Waals surface area contributed by atoms with Crippen LogP contribution >= 0.6 is 0 Å². The maximum Gasteiger partial charge on any atom is 0.354 e. The molecule has 0 saturated carbocycles. The van der Waals surface area contributed by atoms with Gasteiger partial charge in [-0.2, -0.15) is 0 Å². The van der Waals surface area contributed by atoms with E-state index in [-0.39, 0.29) is 17.0 Å². The number of carboxylic acid groups (broad SMARTS) is 1. The lowest BCUT2D eigenvalue weighted by atomic mass is 9.92. The Morgan fingerprint density at radius 3 is 2.44 bits per heavy atom. The number of amides is 1. The van der Waals surface area contributed by atoms with E-state index in [0.717, 1.165) is 5.56 Å². The molecule has 0 spiro atoms. The summed E-state index contributed by atoms with van der Waals surface area (Å²) in [4.78, 5) is 26.0. The van der Waals surface area contributed by atoms with Gasteiger partial charge in [0.15, 0.2) is 0 Å². The Balaban J connectivity index is 2.49. The van der Waals surface area contributed by atoms with Gasteiger partial charge in [0.2, 0.25) is 5.91 Å². The number of carbonyl (C=O) groups excluding carboxylic acids is 1. The highest BCUT2D eigenvalue weighted by molar-refractivity contribution is 5.85. The van der Waals surface area contributed by atoms with E-state index in [4.69, 9.17) is 5.11 Å². The van der Waals surface area contributed by atoms with Gasteiger partial charge in [-0.3, -0.25) is 4.79 Å². The van der Waals surface area contributed by atoms with E-state index < -0.39 is 5.97 Å². The second-order valence-corrected chi connectivity index (χ2v) is 5.37. The zero-order chi connectivity index (χ0) is 13.8. The topological polar surface area (TPSA) is 79.3 Å². The van der Waals surface area contributed by atoms with Crippen LogP contribution < -0.4 is 5.32 Å². The van der Waals surface area contributed by atoms with Gasteiger partial charge in [0.1, 0.15) is 5.69 Å². The maximum absolute atomic E-state index is 11.6. The molecule has 0 atom stereocenters. The summed E-state index contributed by atoms with van der Waals surface area (Å²) in [6, 6.07) is 3.07. The van der Waals surface area contributed by atoms with Crippen molar-refractivity contribution in [3.8, 4) is 0 Å². The Labute approximate surface area is 106 Å². The van der Waals surface area contributed by atoms with Crippen molar-refractivity contribution in [1.82, 2.24) is 10.3 Å². The Bertz CT molecular complexity index is 433. The number of aromatic nitrogens is 1. The van der Waals surface area contributed by atoms with Crippen LogP contribution in [-0.2, 0) is 11.3 Å². The molecular formula is C13H18N2O3. The summed E-state index contributed by atoms with van der Waals surface area (Å²) in [6.07, 6.45) is 1.91. The minimum Gasteiger partial charge on any atom is -0.477 e. The van der Waals surface area contributed by atoms with Crippen LogP contribution in [0.4, 0.5) is 0 Å². The fraction of sp³-hybridized carbons (Fsp3) is 0.462. The highest BCUT2D eigenvalue weighted by Crippen LogP contribution is 2.17. The van der Waals surface area contributed by atoms with Gasteiger partial charge in [-0.25, -0.2) is 9.78 Å². The molecule has 0 radical (unpaired) electrons. The number of nitrogens with zero attached hydrogens (tertiary/aromatic N) is 1. The van der Waals surface area contributed by atoms with Gasteiger partial charge < -0.3 is 10.4 Å². The molecule has 0 unspecified atom stereocenters. The molecule has 0 aliphatic heterocycles. The van der Waals surface area contributed by atoms with Crippen LogP contribution in [0.15, 0.2) is 18.3 Å². The van der Waals surface area contributed by atoms with Crippen LogP contribution in [-0.4, -0.2) is 22.0 Å². The Hall–Kier alpha value is -1.91. The monoisotopic (exact) mass is 250 g/mol. The third-order valence-electron chi connectivity index (χ3n) is 2.22. The molecule has 18 heavy (non-hydrogen) atoms. The summed E-state index contributed by atoms with van der Waals surface area (Å²) in [5.41, 5.74) is 0.734. The van der Waals surface area contributed by atoms with E-state index in [2.05, 4.69) is 10.3 Å². The lowest BCUT2D eigenvalue weighted by Gasteiger charge is -2.17. The predicted octanol–water partition coefficient (Wildman–Crippen LogP) is 1.83. The van der Waals surface area contributed by atoms with E-state index in [1.165, 1.54) is 12.3 Å². The Morgan fingerprint density at radius 1 is 1.33 bits per heavy atom. The van der Waals surface area contributed by atoms with Gasteiger partial charge in [0.25, 0.3) is 0 Å². The van der Waals surface area contributed by atoms with Gasteiger partial charge in [0.05, 0.1) is 0 Å². The summed E-state index contributed by atoms with van der Waals surface area (Å²) in [6.45, 7) is 6.35. The first-order chi connectivity index (χ1) is 8.28. The minimum atomic E-state index is -1.06. The highest BCUT2D eigenvalue weighted by Gasteiger charge is 2.15. The summed E-state index contributed by atoms with van der Waals surface area (Å²) in [5.74, 6) is -1.08. The normalized spacial score (nSPS) is 11.1. The van der Waals surface area contributed by atoms with E-state index >= 15 is 0 Å². The summed E-state index contributed by atoms with van der Waals surface area (Å²) >= 11 is 0. The first kappa shape index (κ1) is 14.2. The van der Waals surface area contributed by atoms with E-state index in [1.54, 1.807) is 6.07 Å². The number of carboxylic acids is 1. The van der Waals surface area contributed by atoms with Crippen molar-refractivity contribution < 1.29 is 14.7 Å². The Morgan fingerprint density at radius 2 is 2.00 bits per heavy atom. The fourth-order valence-corrected chi connectivity index (χ4v) is 1.40. The number of pyridine rings is 1. The molecule has 5 heteroatoms. The number of hydrogen-bond donors (Lipinski definition) is 2. The van der Waals surface area contributed by atoms with Crippen molar-refractivity contribution in [3.05, 3.63) is 29.6 Å². The second kappa shape index (κ2) is 5.62. The standard InChI is InChI=1S/C13H18N2O3/c1-13(2,3)6-11(16)15-8-9-4-5-10(12(17)18)14-7-9/h4-5,7H,6,8H2,1-3H3,(H,15,16)(H,17,18). The van der Waals surface area contributed by atoms with Gasteiger partial charge in [-0.15, -0.1) is 0 Å². The zero-order valence-electron chi connectivity index (χ0n) is 10.9. The zero-order valence-corrected chi connectivity index (χ0v) is 10.9. The van der Waals surface area contributed by atoms with Gasteiger partial charge >= 0.3 is 5.97 Å². The average Bonchev–Trinajstić information content (AvgIpc) is 2.24. The van der Waals surface area contributed by atoms with Crippen molar-refractivity contribution in [3.63, 3.8) is 0 Å². The van der Waals surface area contributed by atoms with Gasteiger partial charge in [-0.05, 0) is 17.0 Å². The number of aromatic carboxylic acids is 1. The molecule has 1 amide bonds. The maximum atomic E-state index is 11.6. The first-order valence-corrected chi connectivity index (χ1v) is 5.73. The number of nitrogens with one attached hydrogen (secondary N) is 1. The number of hydrogen-bond acceptors (Lipinski definition) is 3. The molecule has 0 aliphatic carbocycles. The van der Waals surface area contributed by atoms with Crippen LogP contribution in [0.5, 0.6) is 0 Å². The lowest BCUT2D eigenvalue weighted by Crippen LogP contribution is -2.27. The quantitative estimate of drug-likeness (QED) is 0.854. The third-order valence-corrected chi connectivity index (χ3v) is 2.22. The van der Waals surface area contributed by atoms with Crippen LogP contribution in [0.25, 0.3) is 0 Å². The van der Waals surface area contributed by atoms with E-state index in [0.29, 0.717) is 13.0 Å². The molecule has 98 valence electrons. The molecule has 1 aromatic heterocycles. The van der Waals surface area contributed by atoms with Crippen molar-refractivity contribution >= 4 is 11.9 Å². The Kier molecular flexibility index (Phi) is 4.42. The van der Waals surface area contributed by atoms with Crippen LogP contribution in [0, 0.1) is 5.41 Å². The van der Waals surface area contributed by atoms with Crippen molar-refractivity contribution in [1.29, 1.82) is 0 Å². The van der Waals surface area contributed by atoms with Crippen molar-refractivity contribution in [2.75, 3.05) is 0 Å². The number of carbonyl (C=O) groups is 2. The molecular weight excluding hydrogens is 232 g/mol. The lowest BCUT2D eigenvalue weighted by molar-refractivity contribution is -0.122. The minimum absolute atomic E-state index is 0.000215. The SMILES string of the molecule is CC(C)(C)CC(=O)NCc1ccc(C(=O)O)nc1. The predicted molar refractivity (Wildman–Crippen MR) is 67.1 cm³/mol. The van der Waals surface area contributed by atoms with E-state index in [1.807, 2.05) is 20.8 Å². The van der Waals surface area contributed by atoms with Crippen LogP contribution in [0.1, 0.15) is 43.2 Å². The second-order valence-electron chi connectivity index (χ2n) is 5.37. The van der Waals surface area contributed by atoms with Crippen LogP contribution in [0.3, 0.4) is 0 Å². The van der Waals surface area contributed by atoms with Crippen molar-refractivity contribution in [2.24, 2.45) is 5.41 Å². The first-order valence-electron chi connectivity index (χ1n) is 5.73. The molecule has 0 fully saturated rings. The number of rotatable bonds is 4. The highest BCUT2D eigenvalue weighted by atomic mass is 16.4. The molecule has 0 bridgehead atoms. The summed E-state index contributed by atoms with van der Waals surface area (Å²) < 4.78 is 0. The fourth-order valence-electron chi connectivity index (χ4n) is 1.40. The van der Waals surface area contributed by atoms with Crippen molar-refractivity contribution in [2.45, 2.75) is 33.7 Å². The molecule has 0 aliphatic rings. The van der Waals surface area contributed by atoms with E-state index in [9.17, 15) is 9.59 Å². The average molecular weight is 250 g/mol. The molecule has 2 N–H and O–H groups in total. The molecule has 1 rings (SSSR count). The smallest absolute Gasteiger partial charge is 0.354 e. The third kappa shape index (κ3) is 4.95. The summed E-state index contributed by atoms with van der Waals surface area (Å²) in [7, 11) is 0. The molecule has 0 aromatic carbocycles. The molecule has 1 heterocycles. The molecule has 5 nitrogen and oxygen atoms in total. The molecule has 0 saturated heterocycles. The van der Waals surface area contributed by atoms with Gasteiger partial charge in [0, 0.05) is 19.2 Å². The molecule has 1 aromatic rings.